The lowest BCUT2D eigenvalue weighted by molar-refractivity contribution is -0.131. The zero-order valence-corrected chi connectivity index (χ0v) is 16.3. The van der Waals surface area contributed by atoms with Gasteiger partial charge in [-0.05, 0) is 56.2 Å². The van der Waals surface area contributed by atoms with Gasteiger partial charge >= 0.3 is 0 Å². The number of carbonyl (C=O) groups excluding carboxylic acids is 1. The first-order valence-corrected chi connectivity index (χ1v) is 9.99. The highest BCUT2D eigenvalue weighted by molar-refractivity contribution is 5.84. The van der Waals surface area contributed by atoms with Crippen LogP contribution in [0.25, 0.3) is 10.9 Å². The molecule has 140 valence electrons. The minimum Gasteiger partial charge on any atom is -0.358 e. The number of aromatic amines is 1. The number of para-hydroxylation sites is 1. The molecular weight excluding hydrogens is 332 g/mol. The van der Waals surface area contributed by atoms with Crippen LogP contribution in [-0.2, 0) is 17.6 Å². The topological polar surface area (TPSA) is 36.1 Å². The first kappa shape index (κ1) is 17.8. The molecule has 4 rings (SSSR count). The highest BCUT2D eigenvalue weighted by Crippen LogP contribution is 2.28. The van der Waals surface area contributed by atoms with Crippen LogP contribution in [-0.4, -0.2) is 28.9 Å². The summed E-state index contributed by atoms with van der Waals surface area (Å²) in [6.07, 6.45) is 3.82. The summed E-state index contributed by atoms with van der Waals surface area (Å²) in [6, 6.07) is 16.8. The molecule has 1 aromatic heterocycles. The van der Waals surface area contributed by atoms with Gasteiger partial charge in [-0.1, -0.05) is 48.0 Å². The number of aryl methyl sites for hydroxylation is 2. The molecule has 0 radical (unpaired) electrons. The molecule has 3 heteroatoms. The normalized spacial score (nSPS) is 15.4. The molecule has 0 unspecified atom stereocenters. The maximum atomic E-state index is 12.7. The summed E-state index contributed by atoms with van der Waals surface area (Å²) in [5.74, 6) is 0.924. The molecule has 3 nitrogen and oxygen atoms in total. The van der Waals surface area contributed by atoms with Crippen molar-refractivity contribution < 1.29 is 4.79 Å². The third-order valence-corrected chi connectivity index (χ3v) is 5.92. The number of likely N-dealkylation sites (tertiary alicyclic amines) is 1. The predicted octanol–water partition coefficient (Wildman–Crippen LogP) is 4.81. The van der Waals surface area contributed by atoms with Gasteiger partial charge in [0.15, 0.2) is 0 Å². The van der Waals surface area contributed by atoms with Crippen molar-refractivity contribution in [1.82, 2.24) is 9.88 Å². The Hall–Kier alpha value is -2.55. The second-order valence-corrected chi connectivity index (χ2v) is 7.97. The summed E-state index contributed by atoms with van der Waals surface area (Å²) < 4.78 is 0. The van der Waals surface area contributed by atoms with Crippen molar-refractivity contribution in [2.75, 3.05) is 13.1 Å². The number of fused-ring (bicyclic) bond motifs is 1. The molecule has 1 aliphatic rings. The predicted molar refractivity (Wildman–Crippen MR) is 111 cm³/mol. The van der Waals surface area contributed by atoms with Crippen LogP contribution in [0.2, 0.25) is 0 Å². The molecule has 1 fully saturated rings. The number of carbonyl (C=O) groups is 1. The van der Waals surface area contributed by atoms with Crippen LogP contribution >= 0.6 is 0 Å². The number of benzene rings is 2. The van der Waals surface area contributed by atoms with Crippen molar-refractivity contribution in [3.05, 3.63) is 70.9 Å². The fourth-order valence-electron chi connectivity index (χ4n) is 4.38. The zero-order valence-electron chi connectivity index (χ0n) is 16.3. The van der Waals surface area contributed by atoms with Crippen LogP contribution in [0.5, 0.6) is 0 Å². The lowest BCUT2D eigenvalue weighted by Gasteiger charge is -2.32. The fourth-order valence-corrected chi connectivity index (χ4v) is 4.38. The van der Waals surface area contributed by atoms with Gasteiger partial charge in [-0.2, -0.15) is 0 Å². The number of H-pyrrole nitrogens is 1. The fraction of sp³-hybridized carbons (Fsp3) is 0.375. The number of hydrogen-bond donors (Lipinski definition) is 1. The number of aromatic nitrogens is 1. The zero-order chi connectivity index (χ0) is 18.8. The molecule has 3 aromatic rings. The summed E-state index contributed by atoms with van der Waals surface area (Å²) in [4.78, 5) is 18.2. The van der Waals surface area contributed by atoms with Crippen LogP contribution in [0.15, 0.2) is 48.5 Å². The molecule has 0 saturated carbocycles. The molecule has 1 aliphatic heterocycles. The van der Waals surface area contributed by atoms with Crippen LogP contribution < -0.4 is 0 Å². The molecule has 27 heavy (non-hydrogen) atoms. The summed E-state index contributed by atoms with van der Waals surface area (Å²) in [7, 11) is 0. The van der Waals surface area contributed by atoms with Gasteiger partial charge in [0.2, 0.25) is 5.91 Å². The van der Waals surface area contributed by atoms with Gasteiger partial charge in [0.25, 0.3) is 0 Å². The molecule has 0 bridgehead atoms. The van der Waals surface area contributed by atoms with Gasteiger partial charge in [0, 0.05) is 29.7 Å². The number of nitrogens with one attached hydrogen (secondary N) is 1. The molecule has 1 amide bonds. The largest absolute Gasteiger partial charge is 0.358 e. The van der Waals surface area contributed by atoms with Crippen LogP contribution in [0.3, 0.4) is 0 Å². The lowest BCUT2D eigenvalue weighted by Crippen LogP contribution is -2.39. The molecule has 2 aromatic carbocycles. The van der Waals surface area contributed by atoms with E-state index in [-0.39, 0.29) is 5.91 Å². The Morgan fingerprint density at radius 1 is 1.07 bits per heavy atom. The first-order valence-electron chi connectivity index (χ1n) is 9.99. The third-order valence-electron chi connectivity index (χ3n) is 5.92. The molecule has 2 heterocycles. The summed E-state index contributed by atoms with van der Waals surface area (Å²) in [6.45, 7) is 6.02. The maximum Gasteiger partial charge on any atom is 0.226 e. The second kappa shape index (κ2) is 7.59. The number of hydrogen-bond acceptors (Lipinski definition) is 1. The first-order chi connectivity index (χ1) is 13.1. The molecule has 0 atom stereocenters. The van der Waals surface area contributed by atoms with Crippen molar-refractivity contribution in [3.8, 4) is 0 Å². The Labute approximate surface area is 161 Å². The maximum absolute atomic E-state index is 12.7. The van der Waals surface area contributed by atoms with Gasteiger partial charge in [0.05, 0.1) is 6.42 Å². The van der Waals surface area contributed by atoms with E-state index in [2.05, 4.69) is 66.2 Å². The molecule has 1 N–H and O–H groups in total. The molecule has 0 spiro atoms. The third kappa shape index (κ3) is 3.92. The van der Waals surface area contributed by atoms with Crippen LogP contribution in [0.1, 0.15) is 35.2 Å². The van der Waals surface area contributed by atoms with Gasteiger partial charge in [-0.15, -0.1) is 0 Å². The van der Waals surface area contributed by atoms with Gasteiger partial charge in [-0.3, -0.25) is 4.79 Å². The molecule has 0 aliphatic carbocycles. The van der Waals surface area contributed by atoms with E-state index in [0.717, 1.165) is 37.9 Å². The van der Waals surface area contributed by atoms with Gasteiger partial charge < -0.3 is 9.88 Å². The van der Waals surface area contributed by atoms with E-state index in [4.69, 9.17) is 0 Å². The minimum absolute atomic E-state index is 0.266. The Bertz CT molecular complexity index is 948. The SMILES string of the molecule is Cc1cccc(CC(=O)N2CCC(Cc3c(C)[nH]c4ccccc34)CC2)c1. The van der Waals surface area contributed by atoms with E-state index in [1.54, 1.807) is 0 Å². The Kier molecular flexibility index (Phi) is 5.02. The number of rotatable bonds is 4. The Morgan fingerprint density at radius 3 is 2.63 bits per heavy atom. The smallest absolute Gasteiger partial charge is 0.226 e. The number of nitrogens with zero attached hydrogens (tertiary/aromatic N) is 1. The van der Waals surface area contributed by atoms with E-state index in [1.165, 1.54) is 27.7 Å². The van der Waals surface area contributed by atoms with E-state index in [1.807, 2.05) is 6.07 Å². The van der Waals surface area contributed by atoms with E-state index >= 15 is 0 Å². The van der Waals surface area contributed by atoms with Crippen molar-refractivity contribution in [1.29, 1.82) is 0 Å². The minimum atomic E-state index is 0.266. The standard InChI is InChI=1S/C24H28N2O/c1-17-6-5-7-20(14-17)16-24(27)26-12-10-19(11-13-26)15-22-18(2)25-23-9-4-3-8-21(22)23/h3-9,14,19,25H,10-13,15-16H2,1-2H3. The summed E-state index contributed by atoms with van der Waals surface area (Å²) in [5.41, 5.74) is 6.31. The lowest BCUT2D eigenvalue weighted by atomic mass is 9.89. The Morgan fingerprint density at radius 2 is 1.85 bits per heavy atom. The van der Waals surface area contributed by atoms with E-state index < -0.39 is 0 Å². The number of piperidine rings is 1. The van der Waals surface area contributed by atoms with Crippen LogP contribution in [0.4, 0.5) is 0 Å². The van der Waals surface area contributed by atoms with Crippen molar-refractivity contribution in [2.45, 2.75) is 39.5 Å². The molecule has 1 saturated heterocycles. The Balaban J connectivity index is 1.36. The highest BCUT2D eigenvalue weighted by Gasteiger charge is 2.24. The van der Waals surface area contributed by atoms with Gasteiger partial charge in [-0.25, -0.2) is 0 Å². The van der Waals surface area contributed by atoms with E-state index in [9.17, 15) is 4.79 Å². The summed E-state index contributed by atoms with van der Waals surface area (Å²) >= 11 is 0. The average molecular weight is 361 g/mol. The molecular formula is C24H28N2O. The highest BCUT2D eigenvalue weighted by atomic mass is 16.2. The van der Waals surface area contributed by atoms with E-state index in [0.29, 0.717) is 12.3 Å². The number of amides is 1. The summed E-state index contributed by atoms with van der Waals surface area (Å²) in [5, 5.41) is 1.35. The van der Waals surface area contributed by atoms with Gasteiger partial charge in [0.1, 0.15) is 0 Å². The quantitative estimate of drug-likeness (QED) is 0.712. The average Bonchev–Trinajstić information content (AvgIpc) is 2.98. The van der Waals surface area contributed by atoms with Crippen molar-refractivity contribution >= 4 is 16.8 Å². The van der Waals surface area contributed by atoms with Crippen molar-refractivity contribution in [2.24, 2.45) is 5.92 Å². The second-order valence-electron chi connectivity index (χ2n) is 7.97. The van der Waals surface area contributed by atoms with Crippen molar-refractivity contribution in [3.63, 3.8) is 0 Å². The monoisotopic (exact) mass is 360 g/mol. The van der Waals surface area contributed by atoms with Crippen LogP contribution in [0, 0.1) is 19.8 Å².